The summed E-state index contributed by atoms with van der Waals surface area (Å²) in [5.41, 5.74) is 0. The van der Waals surface area contributed by atoms with Crippen LogP contribution in [-0.4, -0.2) is 5.11 Å². The van der Waals surface area contributed by atoms with Crippen molar-refractivity contribution in [1.29, 1.82) is 0 Å². The molecule has 1 aromatic carbocycles. The molecule has 0 saturated heterocycles. The molecule has 2 heteroatoms. The monoisotopic (exact) mass is 198 g/mol. The first-order chi connectivity index (χ1) is 3.39. The van der Waals surface area contributed by atoms with Crippen molar-refractivity contribution in [1.82, 2.24) is 0 Å². The number of phenols is 1. The van der Waals surface area contributed by atoms with Crippen molar-refractivity contribution in [3.63, 3.8) is 0 Å². The molecule has 0 atom stereocenters. The van der Waals surface area contributed by atoms with Crippen LogP contribution in [0, 0.1) is 7.43 Å². The van der Waals surface area contributed by atoms with E-state index < -0.39 is 0 Å². The topological polar surface area (TPSA) is 20.2 Å². The fourth-order valence-corrected chi connectivity index (χ4v) is 0.428. The summed E-state index contributed by atoms with van der Waals surface area (Å²) >= 11 is 0. The van der Waals surface area contributed by atoms with Crippen LogP contribution in [-0.2, 0) is 32.7 Å². The van der Waals surface area contributed by atoms with Gasteiger partial charge in [-0.2, -0.15) is 0 Å². The maximum absolute atomic E-state index is 8.63. The molecule has 0 fully saturated rings. The van der Waals surface area contributed by atoms with E-state index in [4.69, 9.17) is 5.11 Å². The van der Waals surface area contributed by atoms with E-state index in [1.165, 1.54) is 0 Å². The molecule has 47 valence electrons. The molecule has 0 aromatic heterocycles. The zero-order valence-corrected chi connectivity index (χ0v) is 8.25. The zero-order valence-electron chi connectivity index (χ0n) is 5.41. The maximum atomic E-state index is 8.63. The second-order valence-electron chi connectivity index (χ2n) is 1.34. The Labute approximate surface area is 81.0 Å². The molecule has 1 N–H and O–H groups in total. The van der Waals surface area contributed by atoms with Gasteiger partial charge in [-0.1, -0.05) is 18.2 Å². The van der Waals surface area contributed by atoms with Crippen LogP contribution in [0.15, 0.2) is 30.3 Å². The van der Waals surface area contributed by atoms with Crippen LogP contribution < -0.4 is 0 Å². The van der Waals surface area contributed by atoms with Gasteiger partial charge in [0.15, 0.2) is 0 Å². The molecule has 1 radical (unpaired) electrons. The van der Waals surface area contributed by atoms with E-state index in [1.54, 1.807) is 24.3 Å². The Bertz CT molecular complexity index is 139. The quantitative estimate of drug-likeness (QED) is 0.630. The molecular formula is C7H9OY-. The molecule has 0 spiro atoms. The minimum Gasteiger partial charge on any atom is -0.508 e. The summed E-state index contributed by atoms with van der Waals surface area (Å²) in [4.78, 5) is 0. The Hall–Kier alpha value is 0.124. The molecule has 1 nitrogen and oxygen atoms in total. The normalized spacial score (nSPS) is 6.67. The Morgan fingerprint density at radius 1 is 1.00 bits per heavy atom. The van der Waals surface area contributed by atoms with Gasteiger partial charge in [0.05, 0.1) is 0 Å². The second kappa shape index (κ2) is 6.25. The van der Waals surface area contributed by atoms with E-state index >= 15 is 0 Å². The fourth-order valence-electron chi connectivity index (χ4n) is 0.428. The third-order valence-electron chi connectivity index (χ3n) is 0.756. The van der Waals surface area contributed by atoms with Gasteiger partial charge in [0.25, 0.3) is 0 Å². The third kappa shape index (κ3) is 4.62. The van der Waals surface area contributed by atoms with Crippen molar-refractivity contribution < 1.29 is 37.8 Å². The van der Waals surface area contributed by atoms with Gasteiger partial charge in [0, 0.05) is 32.7 Å². The summed E-state index contributed by atoms with van der Waals surface area (Å²) in [5.74, 6) is 0.322. The van der Waals surface area contributed by atoms with E-state index in [2.05, 4.69) is 0 Å². The number of hydrogen-bond donors (Lipinski definition) is 1. The van der Waals surface area contributed by atoms with Crippen LogP contribution in [0.25, 0.3) is 0 Å². The first kappa shape index (κ1) is 11.9. The molecule has 1 aromatic rings. The van der Waals surface area contributed by atoms with Crippen molar-refractivity contribution in [2.75, 3.05) is 0 Å². The van der Waals surface area contributed by atoms with Crippen molar-refractivity contribution in [3.05, 3.63) is 37.8 Å². The van der Waals surface area contributed by atoms with Crippen LogP contribution in [0.5, 0.6) is 5.75 Å². The second-order valence-corrected chi connectivity index (χ2v) is 1.34. The van der Waals surface area contributed by atoms with Crippen LogP contribution in [0.1, 0.15) is 0 Å². The standard InChI is InChI=1S/C6H6O.CH3.Y/c7-6-4-2-1-3-5-6;;/h1-5,7H;1H3;/q;-1;. The molecule has 9 heavy (non-hydrogen) atoms. The molecule has 0 saturated carbocycles. The van der Waals surface area contributed by atoms with Gasteiger partial charge in [-0.3, -0.25) is 0 Å². The molecular weight excluding hydrogens is 189 g/mol. The van der Waals surface area contributed by atoms with E-state index in [1.807, 2.05) is 6.07 Å². The van der Waals surface area contributed by atoms with E-state index in [0.29, 0.717) is 5.75 Å². The van der Waals surface area contributed by atoms with Crippen LogP contribution >= 0.6 is 0 Å². The number of benzene rings is 1. The molecule has 0 unspecified atom stereocenters. The molecule has 0 aliphatic rings. The largest absolute Gasteiger partial charge is 0.508 e. The van der Waals surface area contributed by atoms with Crippen molar-refractivity contribution in [2.24, 2.45) is 0 Å². The molecule has 0 bridgehead atoms. The third-order valence-corrected chi connectivity index (χ3v) is 0.756. The number of phenolic OH excluding ortho intramolecular Hbond substituents is 1. The van der Waals surface area contributed by atoms with Crippen LogP contribution in [0.4, 0.5) is 0 Å². The van der Waals surface area contributed by atoms with Crippen molar-refractivity contribution in [2.45, 2.75) is 0 Å². The van der Waals surface area contributed by atoms with Crippen molar-refractivity contribution >= 4 is 0 Å². The fraction of sp³-hybridized carbons (Fsp3) is 0. The first-order valence-electron chi connectivity index (χ1n) is 2.13. The van der Waals surface area contributed by atoms with Crippen LogP contribution in [0.3, 0.4) is 0 Å². The summed E-state index contributed by atoms with van der Waals surface area (Å²) in [5, 5.41) is 8.63. The maximum Gasteiger partial charge on any atom is 0.115 e. The number of para-hydroxylation sites is 1. The first-order valence-corrected chi connectivity index (χ1v) is 2.13. The summed E-state index contributed by atoms with van der Waals surface area (Å²) in [6.07, 6.45) is 0. The van der Waals surface area contributed by atoms with Crippen LogP contribution in [0.2, 0.25) is 0 Å². The number of rotatable bonds is 0. The van der Waals surface area contributed by atoms with Gasteiger partial charge in [-0.15, -0.1) is 0 Å². The summed E-state index contributed by atoms with van der Waals surface area (Å²) in [6, 6.07) is 8.71. The number of aromatic hydroxyl groups is 1. The molecule has 1 rings (SSSR count). The van der Waals surface area contributed by atoms with Gasteiger partial charge in [0.2, 0.25) is 0 Å². The number of hydrogen-bond acceptors (Lipinski definition) is 1. The van der Waals surface area contributed by atoms with Gasteiger partial charge in [0.1, 0.15) is 5.75 Å². The van der Waals surface area contributed by atoms with E-state index in [0.717, 1.165) is 0 Å². The smallest absolute Gasteiger partial charge is 0.115 e. The summed E-state index contributed by atoms with van der Waals surface area (Å²) < 4.78 is 0. The molecule has 0 aliphatic carbocycles. The average molecular weight is 198 g/mol. The predicted molar refractivity (Wildman–Crippen MR) is 34.5 cm³/mol. The van der Waals surface area contributed by atoms with Gasteiger partial charge < -0.3 is 12.5 Å². The van der Waals surface area contributed by atoms with Crippen molar-refractivity contribution in [3.8, 4) is 5.75 Å². The Morgan fingerprint density at radius 2 is 1.44 bits per heavy atom. The zero-order chi connectivity index (χ0) is 5.11. The molecule has 0 heterocycles. The Morgan fingerprint density at radius 3 is 1.67 bits per heavy atom. The average Bonchev–Trinajstić information content (AvgIpc) is 1.69. The summed E-state index contributed by atoms with van der Waals surface area (Å²) in [7, 11) is 0. The molecule has 0 amide bonds. The predicted octanol–water partition coefficient (Wildman–Crippen LogP) is 1.84. The Balaban J connectivity index is 0. The van der Waals surface area contributed by atoms with Gasteiger partial charge >= 0.3 is 0 Å². The SMILES string of the molecule is Oc1ccccc1.[CH3-].[Y]. The molecule has 0 aliphatic heterocycles. The summed E-state index contributed by atoms with van der Waals surface area (Å²) in [6.45, 7) is 0. The van der Waals surface area contributed by atoms with Gasteiger partial charge in [-0.25, -0.2) is 0 Å². The minimum absolute atomic E-state index is 0. The van der Waals surface area contributed by atoms with E-state index in [-0.39, 0.29) is 40.1 Å². The van der Waals surface area contributed by atoms with Gasteiger partial charge in [-0.05, 0) is 12.1 Å². The minimum atomic E-state index is 0. The Kier molecular flexibility index (Phi) is 8.24. The van der Waals surface area contributed by atoms with E-state index in [9.17, 15) is 0 Å².